The molecular weight excluding hydrogens is 334 g/mol. The van der Waals surface area contributed by atoms with Crippen molar-refractivity contribution >= 4 is 17.5 Å². The summed E-state index contributed by atoms with van der Waals surface area (Å²) in [5.74, 6) is -0.757. The van der Waals surface area contributed by atoms with E-state index in [2.05, 4.69) is 32.7 Å². The summed E-state index contributed by atoms with van der Waals surface area (Å²) >= 11 is 0. The zero-order valence-electron chi connectivity index (χ0n) is 14.5. The van der Waals surface area contributed by atoms with E-state index < -0.39 is 11.6 Å². The third kappa shape index (κ3) is 4.99. The van der Waals surface area contributed by atoms with Crippen LogP contribution in [0.2, 0.25) is 0 Å². The molecule has 2 N–H and O–H groups in total. The van der Waals surface area contributed by atoms with Gasteiger partial charge in [-0.1, -0.05) is 30.3 Å². The maximum absolute atomic E-state index is 13.3. The lowest BCUT2D eigenvalue weighted by molar-refractivity contribution is 0.509. The van der Waals surface area contributed by atoms with Gasteiger partial charge in [0.2, 0.25) is 5.95 Å². The molecule has 0 fully saturated rings. The van der Waals surface area contributed by atoms with Gasteiger partial charge in [-0.2, -0.15) is 4.98 Å². The van der Waals surface area contributed by atoms with Crippen molar-refractivity contribution in [3.05, 3.63) is 77.5 Å². The zero-order chi connectivity index (χ0) is 18.4. The molecule has 0 saturated heterocycles. The van der Waals surface area contributed by atoms with Crippen LogP contribution in [0.25, 0.3) is 0 Å². The lowest BCUT2D eigenvalue weighted by Gasteiger charge is -2.10. The molecule has 3 rings (SSSR count). The van der Waals surface area contributed by atoms with E-state index in [4.69, 9.17) is 0 Å². The number of rotatable bonds is 7. The topological polar surface area (TPSA) is 49.8 Å². The molecule has 1 aromatic heterocycles. The first-order chi connectivity index (χ1) is 12.6. The van der Waals surface area contributed by atoms with Crippen molar-refractivity contribution in [2.75, 3.05) is 17.2 Å². The van der Waals surface area contributed by atoms with Crippen LogP contribution < -0.4 is 10.6 Å². The standard InChI is InChI=1S/C20H20F2N4/c1-14-12-19(25-16-9-10-17(21)18(22)13-16)26-20(24-14)23-11-5-8-15-6-3-2-4-7-15/h2-4,6-7,9-10,12-13H,5,8,11H2,1H3,(H2,23,24,25,26). The van der Waals surface area contributed by atoms with E-state index in [0.717, 1.165) is 37.2 Å². The van der Waals surface area contributed by atoms with E-state index >= 15 is 0 Å². The molecule has 0 spiro atoms. The number of halogens is 2. The molecule has 0 aliphatic carbocycles. The third-order valence-corrected chi connectivity index (χ3v) is 3.81. The Hall–Kier alpha value is -3.02. The van der Waals surface area contributed by atoms with Gasteiger partial charge in [0.15, 0.2) is 11.6 Å². The van der Waals surface area contributed by atoms with E-state index in [9.17, 15) is 8.78 Å². The first-order valence-corrected chi connectivity index (χ1v) is 8.46. The van der Waals surface area contributed by atoms with Crippen molar-refractivity contribution in [3.8, 4) is 0 Å². The van der Waals surface area contributed by atoms with Gasteiger partial charge in [0.1, 0.15) is 5.82 Å². The smallest absolute Gasteiger partial charge is 0.224 e. The van der Waals surface area contributed by atoms with Crippen LogP contribution in [0.5, 0.6) is 0 Å². The molecule has 0 radical (unpaired) electrons. The number of hydrogen-bond acceptors (Lipinski definition) is 4. The zero-order valence-corrected chi connectivity index (χ0v) is 14.5. The SMILES string of the molecule is Cc1cc(Nc2ccc(F)c(F)c2)nc(NCCCc2ccccc2)n1. The predicted octanol–water partition coefficient (Wildman–Crippen LogP) is 4.85. The summed E-state index contributed by atoms with van der Waals surface area (Å²) in [5.41, 5.74) is 2.49. The monoisotopic (exact) mass is 354 g/mol. The van der Waals surface area contributed by atoms with Crippen LogP contribution in [0.15, 0.2) is 54.6 Å². The van der Waals surface area contributed by atoms with E-state index in [-0.39, 0.29) is 0 Å². The molecule has 0 atom stereocenters. The quantitative estimate of drug-likeness (QED) is 0.596. The molecule has 6 heteroatoms. The van der Waals surface area contributed by atoms with Crippen LogP contribution in [-0.2, 0) is 6.42 Å². The Morgan fingerprint density at radius 2 is 1.73 bits per heavy atom. The molecule has 0 aliphatic rings. The molecular formula is C20H20F2N4. The first kappa shape index (κ1) is 17.8. The van der Waals surface area contributed by atoms with Gasteiger partial charge in [0.05, 0.1) is 0 Å². The summed E-state index contributed by atoms with van der Waals surface area (Å²) in [6.07, 6.45) is 1.92. The minimum Gasteiger partial charge on any atom is -0.354 e. The van der Waals surface area contributed by atoms with Crippen LogP contribution in [0, 0.1) is 18.6 Å². The number of hydrogen-bond donors (Lipinski definition) is 2. The summed E-state index contributed by atoms with van der Waals surface area (Å²) in [5, 5.41) is 6.18. The van der Waals surface area contributed by atoms with Gasteiger partial charge in [-0.15, -0.1) is 0 Å². The van der Waals surface area contributed by atoms with E-state index in [1.807, 2.05) is 25.1 Å². The van der Waals surface area contributed by atoms with Crippen molar-refractivity contribution in [2.45, 2.75) is 19.8 Å². The van der Waals surface area contributed by atoms with Crippen molar-refractivity contribution < 1.29 is 8.78 Å². The lowest BCUT2D eigenvalue weighted by Crippen LogP contribution is -2.08. The fraction of sp³-hybridized carbons (Fsp3) is 0.200. The van der Waals surface area contributed by atoms with Gasteiger partial charge in [-0.05, 0) is 37.5 Å². The molecule has 134 valence electrons. The van der Waals surface area contributed by atoms with Gasteiger partial charge in [0.25, 0.3) is 0 Å². The largest absolute Gasteiger partial charge is 0.354 e. The predicted molar refractivity (Wildman–Crippen MR) is 99.7 cm³/mol. The molecule has 0 saturated carbocycles. The molecule has 26 heavy (non-hydrogen) atoms. The fourth-order valence-electron chi connectivity index (χ4n) is 2.57. The van der Waals surface area contributed by atoms with Crippen LogP contribution >= 0.6 is 0 Å². The van der Waals surface area contributed by atoms with Crippen LogP contribution in [0.1, 0.15) is 17.7 Å². The van der Waals surface area contributed by atoms with Crippen LogP contribution in [0.4, 0.5) is 26.2 Å². The molecule has 4 nitrogen and oxygen atoms in total. The summed E-state index contributed by atoms with van der Waals surface area (Å²) in [6.45, 7) is 2.59. The number of anilines is 3. The van der Waals surface area contributed by atoms with Crippen LogP contribution in [0.3, 0.4) is 0 Å². The number of nitrogens with zero attached hydrogens (tertiary/aromatic N) is 2. The van der Waals surface area contributed by atoms with Crippen molar-refractivity contribution in [3.63, 3.8) is 0 Å². The summed E-state index contributed by atoms with van der Waals surface area (Å²) < 4.78 is 26.3. The lowest BCUT2D eigenvalue weighted by atomic mass is 10.1. The minimum atomic E-state index is -0.903. The van der Waals surface area contributed by atoms with E-state index in [0.29, 0.717) is 17.5 Å². The minimum absolute atomic E-state index is 0.428. The number of aryl methyl sites for hydroxylation is 2. The Bertz CT molecular complexity index is 869. The maximum atomic E-state index is 13.3. The van der Waals surface area contributed by atoms with Gasteiger partial charge < -0.3 is 10.6 Å². The normalized spacial score (nSPS) is 10.6. The highest BCUT2D eigenvalue weighted by atomic mass is 19.2. The highest BCUT2D eigenvalue weighted by molar-refractivity contribution is 5.57. The Kier molecular flexibility index (Phi) is 5.73. The molecule has 2 aromatic carbocycles. The molecule has 0 unspecified atom stereocenters. The Morgan fingerprint density at radius 1 is 0.923 bits per heavy atom. The average Bonchev–Trinajstić information content (AvgIpc) is 2.62. The maximum Gasteiger partial charge on any atom is 0.224 e. The summed E-state index contributed by atoms with van der Waals surface area (Å²) in [4.78, 5) is 8.73. The molecule has 3 aromatic rings. The second-order valence-corrected chi connectivity index (χ2v) is 5.99. The number of benzene rings is 2. The van der Waals surface area contributed by atoms with Gasteiger partial charge in [-0.3, -0.25) is 0 Å². The fourth-order valence-corrected chi connectivity index (χ4v) is 2.57. The summed E-state index contributed by atoms with van der Waals surface area (Å²) in [7, 11) is 0. The molecule has 0 bridgehead atoms. The number of aromatic nitrogens is 2. The Balaban J connectivity index is 1.59. The summed E-state index contributed by atoms with van der Waals surface area (Å²) in [6, 6.07) is 15.7. The van der Waals surface area contributed by atoms with Crippen molar-refractivity contribution in [1.82, 2.24) is 9.97 Å². The second-order valence-electron chi connectivity index (χ2n) is 5.99. The van der Waals surface area contributed by atoms with Crippen molar-refractivity contribution in [1.29, 1.82) is 0 Å². The molecule has 0 aliphatic heterocycles. The first-order valence-electron chi connectivity index (χ1n) is 8.46. The third-order valence-electron chi connectivity index (χ3n) is 3.81. The van der Waals surface area contributed by atoms with Crippen molar-refractivity contribution in [2.24, 2.45) is 0 Å². The second kappa shape index (κ2) is 8.38. The Morgan fingerprint density at radius 3 is 2.50 bits per heavy atom. The van der Waals surface area contributed by atoms with Gasteiger partial charge in [-0.25, -0.2) is 13.8 Å². The van der Waals surface area contributed by atoms with E-state index in [1.165, 1.54) is 11.6 Å². The van der Waals surface area contributed by atoms with E-state index in [1.54, 1.807) is 6.07 Å². The highest BCUT2D eigenvalue weighted by Crippen LogP contribution is 2.19. The molecule has 1 heterocycles. The molecule has 0 amide bonds. The average molecular weight is 354 g/mol. The van der Waals surface area contributed by atoms with Gasteiger partial charge in [0, 0.05) is 30.1 Å². The number of nitrogens with one attached hydrogen (secondary N) is 2. The Labute approximate surface area is 151 Å². The highest BCUT2D eigenvalue weighted by Gasteiger charge is 2.06. The van der Waals surface area contributed by atoms with Crippen LogP contribution in [-0.4, -0.2) is 16.5 Å². The van der Waals surface area contributed by atoms with Gasteiger partial charge >= 0.3 is 0 Å².